The molecule has 1 saturated heterocycles. The number of hydrogen-bond acceptors (Lipinski definition) is 7. The molecule has 0 spiro atoms. The number of nitrogens with one attached hydrogen (secondary N) is 1. The van der Waals surface area contributed by atoms with Crippen molar-refractivity contribution >= 4 is 17.7 Å². The second-order valence-corrected chi connectivity index (χ2v) is 7.73. The zero-order valence-corrected chi connectivity index (χ0v) is 18.9. The standard InChI is InChI=1S/C24H29NO7/c1-5-29-24(28)20-14(2)21(25-15(20)3)22(26)16(4)32-23(27)17-8-10-18(11-9-17)31-13-19-7-6-12-30-19/h8-11,16,19,25H,5-7,12-13H2,1-4H3. The SMILES string of the molecule is CCOC(=O)c1c(C)[nH]c(C(=O)C(C)OC(=O)c2ccc(OCC3CCCO3)cc2)c1C. The van der Waals surface area contributed by atoms with Gasteiger partial charge in [-0.05, 0) is 70.4 Å². The molecule has 1 aromatic heterocycles. The summed E-state index contributed by atoms with van der Waals surface area (Å²) in [7, 11) is 0. The van der Waals surface area contributed by atoms with Gasteiger partial charge in [0, 0.05) is 12.3 Å². The lowest BCUT2D eigenvalue weighted by Crippen LogP contribution is -2.25. The molecule has 32 heavy (non-hydrogen) atoms. The van der Waals surface area contributed by atoms with Crippen molar-refractivity contribution in [2.45, 2.75) is 52.7 Å². The Kier molecular flexibility index (Phi) is 7.69. The van der Waals surface area contributed by atoms with Crippen LogP contribution < -0.4 is 4.74 Å². The van der Waals surface area contributed by atoms with Crippen LogP contribution in [-0.4, -0.2) is 54.7 Å². The number of aromatic nitrogens is 1. The van der Waals surface area contributed by atoms with E-state index in [0.29, 0.717) is 34.7 Å². The van der Waals surface area contributed by atoms with Gasteiger partial charge < -0.3 is 23.9 Å². The predicted octanol–water partition coefficient (Wildman–Crippen LogP) is 3.79. The van der Waals surface area contributed by atoms with E-state index in [4.69, 9.17) is 18.9 Å². The summed E-state index contributed by atoms with van der Waals surface area (Å²) in [5.41, 5.74) is 1.86. The molecule has 1 aromatic carbocycles. The summed E-state index contributed by atoms with van der Waals surface area (Å²) in [6.07, 6.45) is 1.10. The molecule has 1 N–H and O–H groups in total. The Morgan fingerprint density at radius 3 is 2.50 bits per heavy atom. The number of ether oxygens (including phenoxy) is 4. The number of Topliss-reactive ketones (excluding diaryl/α,β-unsaturated/α-hetero) is 1. The van der Waals surface area contributed by atoms with Gasteiger partial charge in [-0.25, -0.2) is 9.59 Å². The molecule has 3 rings (SSSR count). The quantitative estimate of drug-likeness (QED) is 0.464. The molecule has 2 heterocycles. The minimum Gasteiger partial charge on any atom is -0.491 e. The molecule has 1 fully saturated rings. The fourth-order valence-corrected chi connectivity index (χ4v) is 3.64. The highest BCUT2D eigenvalue weighted by Gasteiger charge is 2.28. The number of aromatic amines is 1. The molecule has 1 aliphatic rings. The fourth-order valence-electron chi connectivity index (χ4n) is 3.64. The second-order valence-electron chi connectivity index (χ2n) is 7.73. The first-order valence-electron chi connectivity index (χ1n) is 10.8. The summed E-state index contributed by atoms with van der Waals surface area (Å²) in [6.45, 7) is 8.03. The first-order chi connectivity index (χ1) is 15.3. The molecular weight excluding hydrogens is 414 g/mol. The number of H-pyrrole nitrogens is 1. The summed E-state index contributed by atoms with van der Waals surface area (Å²) >= 11 is 0. The van der Waals surface area contributed by atoms with Crippen LogP contribution in [0.15, 0.2) is 24.3 Å². The Labute approximate surface area is 187 Å². The molecule has 2 aromatic rings. The van der Waals surface area contributed by atoms with Crippen molar-refractivity contribution in [3.63, 3.8) is 0 Å². The highest BCUT2D eigenvalue weighted by Crippen LogP contribution is 2.22. The van der Waals surface area contributed by atoms with Crippen LogP contribution in [0.1, 0.15) is 69.2 Å². The third kappa shape index (κ3) is 5.37. The lowest BCUT2D eigenvalue weighted by Gasteiger charge is -2.13. The highest BCUT2D eigenvalue weighted by molar-refractivity contribution is 6.04. The number of hydrogen-bond donors (Lipinski definition) is 1. The normalized spacial score (nSPS) is 16.4. The van der Waals surface area contributed by atoms with E-state index in [2.05, 4.69) is 4.98 Å². The maximum absolute atomic E-state index is 12.9. The molecule has 0 radical (unpaired) electrons. The Morgan fingerprint density at radius 1 is 1.16 bits per heavy atom. The molecular formula is C24H29NO7. The predicted molar refractivity (Wildman–Crippen MR) is 116 cm³/mol. The maximum Gasteiger partial charge on any atom is 0.340 e. The van der Waals surface area contributed by atoms with E-state index in [1.54, 1.807) is 45.0 Å². The van der Waals surface area contributed by atoms with Crippen LogP contribution in [0.4, 0.5) is 0 Å². The van der Waals surface area contributed by atoms with Gasteiger partial charge in [0.2, 0.25) is 5.78 Å². The molecule has 2 atom stereocenters. The summed E-state index contributed by atoms with van der Waals surface area (Å²) in [5.74, 6) is -0.913. The van der Waals surface area contributed by atoms with Gasteiger partial charge in [0.05, 0.1) is 29.5 Å². The van der Waals surface area contributed by atoms with Crippen LogP contribution in [0.3, 0.4) is 0 Å². The maximum atomic E-state index is 12.9. The number of esters is 2. The molecule has 8 nitrogen and oxygen atoms in total. The molecule has 0 aliphatic carbocycles. The minimum absolute atomic E-state index is 0.107. The Balaban J connectivity index is 1.60. The minimum atomic E-state index is -1.04. The monoisotopic (exact) mass is 443 g/mol. The summed E-state index contributed by atoms with van der Waals surface area (Å²) < 4.78 is 21.6. The molecule has 0 amide bonds. The fraction of sp³-hybridized carbons (Fsp3) is 0.458. The van der Waals surface area contributed by atoms with Crippen LogP contribution in [0, 0.1) is 13.8 Å². The lowest BCUT2D eigenvalue weighted by atomic mass is 10.1. The van der Waals surface area contributed by atoms with E-state index < -0.39 is 23.8 Å². The van der Waals surface area contributed by atoms with Gasteiger partial charge in [-0.15, -0.1) is 0 Å². The largest absolute Gasteiger partial charge is 0.491 e. The van der Waals surface area contributed by atoms with E-state index in [-0.39, 0.29) is 18.4 Å². The Bertz CT molecular complexity index is 971. The van der Waals surface area contributed by atoms with Crippen LogP contribution >= 0.6 is 0 Å². The van der Waals surface area contributed by atoms with Crippen molar-refractivity contribution in [1.82, 2.24) is 4.98 Å². The summed E-state index contributed by atoms with van der Waals surface area (Å²) in [5, 5.41) is 0. The van der Waals surface area contributed by atoms with Crippen molar-refractivity contribution in [3.8, 4) is 5.75 Å². The Hall–Kier alpha value is -3.13. The van der Waals surface area contributed by atoms with Crippen molar-refractivity contribution in [1.29, 1.82) is 0 Å². The average Bonchev–Trinajstić information content (AvgIpc) is 3.39. The van der Waals surface area contributed by atoms with E-state index in [1.807, 2.05) is 0 Å². The summed E-state index contributed by atoms with van der Waals surface area (Å²) in [4.78, 5) is 40.4. The van der Waals surface area contributed by atoms with E-state index >= 15 is 0 Å². The number of benzene rings is 1. The molecule has 1 aliphatic heterocycles. The van der Waals surface area contributed by atoms with E-state index in [1.165, 1.54) is 6.92 Å². The van der Waals surface area contributed by atoms with Crippen molar-refractivity contribution in [2.24, 2.45) is 0 Å². The zero-order valence-electron chi connectivity index (χ0n) is 18.9. The number of carbonyl (C=O) groups is 3. The van der Waals surface area contributed by atoms with E-state index in [9.17, 15) is 14.4 Å². The average molecular weight is 443 g/mol. The number of ketones is 1. The molecule has 2 unspecified atom stereocenters. The smallest absolute Gasteiger partial charge is 0.340 e. The van der Waals surface area contributed by atoms with Gasteiger partial charge in [-0.1, -0.05) is 0 Å². The van der Waals surface area contributed by atoms with Crippen molar-refractivity contribution in [2.75, 3.05) is 19.8 Å². The van der Waals surface area contributed by atoms with Gasteiger partial charge in [0.1, 0.15) is 12.4 Å². The zero-order chi connectivity index (χ0) is 23.3. The second kappa shape index (κ2) is 10.5. The van der Waals surface area contributed by atoms with Gasteiger partial charge in [-0.3, -0.25) is 4.79 Å². The first-order valence-corrected chi connectivity index (χ1v) is 10.8. The lowest BCUT2D eigenvalue weighted by molar-refractivity contribution is 0.0316. The number of carbonyl (C=O) groups excluding carboxylic acids is 3. The first kappa shape index (κ1) is 23.5. The molecule has 172 valence electrons. The van der Waals surface area contributed by atoms with Crippen LogP contribution in [-0.2, 0) is 14.2 Å². The van der Waals surface area contributed by atoms with Crippen LogP contribution in [0.2, 0.25) is 0 Å². The molecule has 0 bridgehead atoms. The molecule has 8 heteroatoms. The topological polar surface area (TPSA) is 104 Å². The number of rotatable bonds is 9. The van der Waals surface area contributed by atoms with Gasteiger partial charge in [0.25, 0.3) is 0 Å². The Morgan fingerprint density at radius 2 is 1.88 bits per heavy atom. The number of aryl methyl sites for hydroxylation is 1. The van der Waals surface area contributed by atoms with Crippen LogP contribution in [0.5, 0.6) is 5.75 Å². The third-order valence-electron chi connectivity index (χ3n) is 5.37. The highest BCUT2D eigenvalue weighted by atomic mass is 16.5. The van der Waals surface area contributed by atoms with Crippen molar-refractivity contribution < 1.29 is 33.3 Å². The van der Waals surface area contributed by atoms with E-state index in [0.717, 1.165) is 19.4 Å². The third-order valence-corrected chi connectivity index (χ3v) is 5.37. The van der Waals surface area contributed by atoms with Gasteiger partial charge in [-0.2, -0.15) is 0 Å². The summed E-state index contributed by atoms with van der Waals surface area (Å²) in [6, 6.07) is 6.55. The van der Waals surface area contributed by atoms with Crippen molar-refractivity contribution in [3.05, 3.63) is 52.3 Å². The van der Waals surface area contributed by atoms with Crippen LogP contribution in [0.25, 0.3) is 0 Å². The van der Waals surface area contributed by atoms with Gasteiger partial charge in [0.15, 0.2) is 6.10 Å². The molecule has 0 saturated carbocycles. The van der Waals surface area contributed by atoms with Gasteiger partial charge >= 0.3 is 11.9 Å².